The van der Waals surface area contributed by atoms with E-state index in [4.69, 9.17) is 0 Å². The number of rotatable bonds is 4. The van der Waals surface area contributed by atoms with Crippen LogP contribution in [-0.2, 0) is 6.54 Å². The quantitative estimate of drug-likeness (QED) is 0.872. The lowest BCUT2D eigenvalue weighted by Crippen LogP contribution is -2.07. The van der Waals surface area contributed by atoms with E-state index in [2.05, 4.69) is 21.9 Å². The first-order chi connectivity index (χ1) is 9.29. The van der Waals surface area contributed by atoms with Crippen molar-refractivity contribution in [2.45, 2.75) is 44.3 Å². The Morgan fingerprint density at radius 2 is 2.26 bits per heavy atom. The molecular formula is C13H18N4OS. The van der Waals surface area contributed by atoms with Crippen molar-refractivity contribution < 1.29 is 0 Å². The smallest absolute Gasteiger partial charge is 0.278 e. The van der Waals surface area contributed by atoms with E-state index in [1.165, 1.54) is 32.0 Å². The van der Waals surface area contributed by atoms with Gasteiger partial charge in [-0.15, -0.1) is 0 Å². The summed E-state index contributed by atoms with van der Waals surface area (Å²) in [7, 11) is 0. The molecule has 0 spiro atoms. The Morgan fingerprint density at radius 1 is 1.47 bits per heavy atom. The van der Waals surface area contributed by atoms with Crippen molar-refractivity contribution in [3.05, 3.63) is 16.7 Å². The summed E-state index contributed by atoms with van der Waals surface area (Å²) in [5.41, 5.74) is 0.998. The zero-order chi connectivity index (χ0) is 13.2. The van der Waals surface area contributed by atoms with Gasteiger partial charge < -0.3 is 9.55 Å². The van der Waals surface area contributed by atoms with Crippen LogP contribution in [0.25, 0.3) is 11.2 Å². The Bertz CT molecular complexity index is 627. The van der Waals surface area contributed by atoms with Crippen molar-refractivity contribution in [1.29, 1.82) is 0 Å². The number of nitrogens with one attached hydrogen (secondary N) is 1. The molecule has 0 saturated heterocycles. The standard InChI is InChI=1S/C13H18N4OS/c1-2-17-11-10(12(18)15-8-14-11)16-13(17)19-7-9-5-3-4-6-9/h8-9H,2-7H2,1H3,(H,14,15,18). The maximum atomic E-state index is 11.7. The van der Waals surface area contributed by atoms with Crippen LogP contribution in [0.1, 0.15) is 32.6 Å². The third-order valence-corrected chi connectivity index (χ3v) is 4.95. The van der Waals surface area contributed by atoms with Gasteiger partial charge in [0, 0.05) is 12.3 Å². The lowest BCUT2D eigenvalue weighted by atomic mass is 10.1. The van der Waals surface area contributed by atoms with Crippen LogP contribution in [0.4, 0.5) is 0 Å². The number of hydrogen-bond donors (Lipinski definition) is 1. The van der Waals surface area contributed by atoms with Gasteiger partial charge >= 0.3 is 0 Å². The Labute approximate surface area is 115 Å². The normalized spacial score (nSPS) is 16.5. The zero-order valence-electron chi connectivity index (χ0n) is 11.1. The third-order valence-electron chi connectivity index (χ3n) is 3.74. The fraction of sp³-hybridized carbons (Fsp3) is 0.615. The molecule has 0 aromatic carbocycles. The molecule has 1 aliphatic carbocycles. The van der Waals surface area contributed by atoms with Crippen molar-refractivity contribution in [3.63, 3.8) is 0 Å². The predicted molar refractivity (Wildman–Crippen MR) is 76.5 cm³/mol. The molecule has 1 aliphatic rings. The van der Waals surface area contributed by atoms with Gasteiger partial charge in [0.05, 0.1) is 6.33 Å². The number of imidazole rings is 1. The third kappa shape index (κ3) is 2.41. The predicted octanol–water partition coefficient (Wildman–Crippen LogP) is 2.42. The van der Waals surface area contributed by atoms with Crippen LogP contribution < -0.4 is 5.56 Å². The average molecular weight is 278 g/mol. The lowest BCUT2D eigenvalue weighted by molar-refractivity contribution is 0.619. The van der Waals surface area contributed by atoms with Gasteiger partial charge in [0.25, 0.3) is 5.56 Å². The summed E-state index contributed by atoms with van der Waals surface area (Å²) in [5, 5.41) is 0.925. The minimum atomic E-state index is -0.153. The molecule has 1 fully saturated rings. The SMILES string of the molecule is CCn1c(SCC2CCCC2)nc2c(=O)[nH]cnc21. The van der Waals surface area contributed by atoms with Crippen LogP contribution in [0, 0.1) is 5.92 Å². The molecule has 2 heterocycles. The van der Waals surface area contributed by atoms with Crippen LogP contribution in [0.5, 0.6) is 0 Å². The number of thioether (sulfide) groups is 1. The van der Waals surface area contributed by atoms with Crippen molar-refractivity contribution in [1.82, 2.24) is 19.5 Å². The first-order valence-electron chi connectivity index (χ1n) is 6.86. The lowest BCUT2D eigenvalue weighted by Gasteiger charge is -2.08. The summed E-state index contributed by atoms with van der Waals surface area (Å²) in [4.78, 5) is 23.0. The average Bonchev–Trinajstić information content (AvgIpc) is 3.03. The fourth-order valence-corrected chi connectivity index (χ4v) is 3.94. The van der Waals surface area contributed by atoms with Crippen LogP contribution in [0.2, 0.25) is 0 Å². The summed E-state index contributed by atoms with van der Waals surface area (Å²) in [6.07, 6.45) is 6.83. The molecule has 19 heavy (non-hydrogen) atoms. The second kappa shape index (κ2) is 5.36. The minimum absolute atomic E-state index is 0.153. The highest BCUT2D eigenvalue weighted by atomic mass is 32.2. The van der Waals surface area contributed by atoms with Crippen molar-refractivity contribution in [2.24, 2.45) is 5.92 Å². The van der Waals surface area contributed by atoms with Gasteiger partial charge in [-0.3, -0.25) is 4.79 Å². The molecule has 3 rings (SSSR count). The molecule has 0 atom stereocenters. The number of aromatic nitrogens is 4. The Balaban J connectivity index is 1.89. The van der Waals surface area contributed by atoms with Gasteiger partial charge in [-0.1, -0.05) is 24.6 Å². The van der Waals surface area contributed by atoms with Gasteiger partial charge in [0.1, 0.15) is 0 Å². The van der Waals surface area contributed by atoms with Gasteiger partial charge in [-0.05, 0) is 25.7 Å². The van der Waals surface area contributed by atoms with E-state index in [0.717, 1.165) is 23.4 Å². The Kier molecular flexibility index (Phi) is 3.59. The monoisotopic (exact) mass is 278 g/mol. The summed E-state index contributed by atoms with van der Waals surface area (Å²) in [6, 6.07) is 0. The van der Waals surface area contributed by atoms with Gasteiger partial charge in [0.2, 0.25) is 0 Å². The molecule has 2 aromatic heterocycles. The van der Waals surface area contributed by atoms with Crippen molar-refractivity contribution in [3.8, 4) is 0 Å². The van der Waals surface area contributed by atoms with Gasteiger partial charge in [-0.25, -0.2) is 9.97 Å². The highest BCUT2D eigenvalue weighted by Crippen LogP contribution is 2.31. The molecule has 0 aliphatic heterocycles. The van der Waals surface area contributed by atoms with Crippen LogP contribution in [0.3, 0.4) is 0 Å². The largest absolute Gasteiger partial charge is 0.311 e. The second-order valence-electron chi connectivity index (χ2n) is 5.00. The van der Waals surface area contributed by atoms with E-state index < -0.39 is 0 Å². The summed E-state index contributed by atoms with van der Waals surface area (Å²) in [6.45, 7) is 2.85. The topological polar surface area (TPSA) is 63.6 Å². The summed E-state index contributed by atoms with van der Waals surface area (Å²) in [5.74, 6) is 1.91. The van der Waals surface area contributed by atoms with Gasteiger partial charge in [-0.2, -0.15) is 0 Å². The maximum Gasteiger partial charge on any atom is 0.278 e. The molecule has 5 nitrogen and oxygen atoms in total. The Hall–Kier alpha value is -1.30. The Morgan fingerprint density at radius 3 is 3.00 bits per heavy atom. The number of aromatic amines is 1. The van der Waals surface area contributed by atoms with E-state index in [-0.39, 0.29) is 5.56 Å². The van der Waals surface area contributed by atoms with Crippen molar-refractivity contribution in [2.75, 3.05) is 5.75 Å². The number of nitrogens with zero attached hydrogens (tertiary/aromatic N) is 3. The minimum Gasteiger partial charge on any atom is -0.311 e. The number of hydrogen-bond acceptors (Lipinski definition) is 4. The molecule has 1 saturated carbocycles. The molecule has 2 aromatic rings. The second-order valence-corrected chi connectivity index (χ2v) is 5.99. The molecule has 0 unspecified atom stereocenters. The van der Waals surface area contributed by atoms with Crippen molar-refractivity contribution >= 4 is 22.9 Å². The first kappa shape index (κ1) is 12.7. The summed E-state index contributed by atoms with van der Waals surface area (Å²) >= 11 is 1.76. The summed E-state index contributed by atoms with van der Waals surface area (Å²) < 4.78 is 2.03. The highest BCUT2D eigenvalue weighted by molar-refractivity contribution is 7.99. The van der Waals surface area contributed by atoms with E-state index in [0.29, 0.717) is 11.2 Å². The maximum absolute atomic E-state index is 11.7. The molecule has 0 amide bonds. The number of aryl methyl sites for hydroxylation is 1. The van der Waals surface area contributed by atoms with Crippen LogP contribution in [-0.4, -0.2) is 25.3 Å². The number of fused-ring (bicyclic) bond motifs is 1. The van der Waals surface area contributed by atoms with Gasteiger partial charge in [0.15, 0.2) is 16.3 Å². The van der Waals surface area contributed by atoms with Crippen LogP contribution >= 0.6 is 11.8 Å². The number of H-pyrrole nitrogens is 1. The van der Waals surface area contributed by atoms with Crippen LogP contribution in [0.15, 0.2) is 16.3 Å². The molecule has 6 heteroatoms. The molecule has 0 radical (unpaired) electrons. The zero-order valence-corrected chi connectivity index (χ0v) is 11.9. The first-order valence-corrected chi connectivity index (χ1v) is 7.85. The van der Waals surface area contributed by atoms with E-state index >= 15 is 0 Å². The molecule has 102 valence electrons. The molecular weight excluding hydrogens is 260 g/mol. The van der Waals surface area contributed by atoms with E-state index in [1.54, 1.807) is 11.8 Å². The molecule has 0 bridgehead atoms. The molecule has 1 N–H and O–H groups in total. The van der Waals surface area contributed by atoms with E-state index in [1.807, 2.05) is 4.57 Å². The van der Waals surface area contributed by atoms with E-state index in [9.17, 15) is 4.79 Å². The fourth-order valence-electron chi connectivity index (χ4n) is 2.69. The highest BCUT2D eigenvalue weighted by Gasteiger charge is 2.18.